The van der Waals surface area contributed by atoms with Gasteiger partial charge in [0, 0.05) is 53.0 Å². The van der Waals surface area contributed by atoms with Crippen molar-refractivity contribution >= 4 is 91.3 Å². The molecule has 0 aliphatic carbocycles. The van der Waals surface area contributed by atoms with E-state index in [9.17, 15) is 0 Å². The van der Waals surface area contributed by atoms with Gasteiger partial charge < -0.3 is 9.32 Å². The quantitative estimate of drug-likeness (QED) is 0.181. The van der Waals surface area contributed by atoms with Crippen LogP contribution in [0.25, 0.3) is 75.1 Å². The summed E-state index contributed by atoms with van der Waals surface area (Å²) in [5.74, 6) is 0. The van der Waals surface area contributed by atoms with Crippen LogP contribution in [0.4, 0.5) is 17.1 Å². The average molecular weight is 704 g/mol. The first-order valence-electron chi connectivity index (χ1n) is 17.6. The van der Waals surface area contributed by atoms with Crippen LogP contribution >= 0.6 is 21.4 Å². The molecule has 4 heteroatoms. The molecule has 0 atom stereocenters. The molecule has 11 rings (SSSR count). The van der Waals surface area contributed by atoms with E-state index in [0.29, 0.717) is 0 Å². The molecular weight excluding hydrogens is 671 g/mol. The van der Waals surface area contributed by atoms with Crippen molar-refractivity contribution in [2.75, 3.05) is 17.4 Å². The van der Waals surface area contributed by atoms with Gasteiger partial charge in [0.25, 0.3) is 0 Å². The van der Waals surface area contributed by atoms with Gasteiger partial charge in [-0.05, 0) is 101 Å². The summed E-state index contributed by atoms with van der Waals surface area (Å²) in [6.07, 6.45) is 4.88. The van der Waals surface area contributed by atoms with Gasteiger partial charge in [-0.15, -0.1) is 11.3 Å². The van der Waals surface area contributed by atoms with Gasteiger partial charge in [-0.3, -0.25) is 0 Å². The van der Waals surface area contributed by atoms with Crippen LogP contribution in [0.3, 0.4) is 0 Å². The second-order valence-corrected chi connectivity index (χ2v) is 18.7. The molecule has 3 heterocycles. The van der Waals surface area contributed by atoms with Crippen LogP contribution in [0, 0.1) is 0 Å². The molecule has 0 unspecified atom stereocenters. The van der Waals surface area contributed by atoms with Gasteiger partial charge in [0.2, 0.25) is 0 Å². The van der Waals surface area contributed by atoms with E-state index in [0.717, 1.165) is 22.5 Å². The fourth-order valence-electron chi connectivity index (χ4n) is 8.38. The summed E-state index contributed by atoms with van der Waals surface area (Å²) in [4.78, 5) is 5.27. The largest absolute Gasteiger partial charge is 0.455 e. The van der Waals surface area contributed by atoms with Crippen molar-refractivity contribution in [3.05, 3.63) is 164 Å². The Labute approximate surface area is 307 Å². The van der Waals surface area contributed by atoms with Gasteiger partial charge in [-0.1, -0.05) is 103 Å². The highest BCUT2D eigenvalue weighted by Crippen LogP contribution is 2.69. The number of benzene rings is 8. The van der Waals surface area contributed by atoms with Crippen LogP contribution in [0.15, 0.2) is 178 Å². The molecule has 0 spiro atoms. The van der Waals surface area contributed by atoms with Crippen molar-refractivity contribution in [1.29, 1.82) is 0 Å². The Kier molecular flexibility index (Phi) is 6.37. The zero-order valence-corrected chi connectivity index (χ0v) is 30.4. The van der Waals surface area contributed by atoms with Crippen LogP contribution in [-0.4, -0.2) is 12.5 Å². The molecule has 0 amide bonds. The number of furan rings is 1. The minimum absolute atomic E-state index is 0.942. The van der Waals surface area contributed by atoms with Gasteiger partial charge >= 0.3 is 0 Å². The maximum Gasteiger partial charge on any atom is 0.144 e. The molecule has 1 aliphatic heterocycles. The van der Waals surface area contributed by atoms with E-state index in [1.54, 1.807) is 0 Å². The standard InChI is InChI=1S/C48H33NOS2/c1-52(2)44-26-25-38-36-15-5-7-19-42(36)50-47(38)46(44)40-24-23-35(29-45(40)52)49(41-18-10-17-39-37-16-6-8-20-43(37)51-48(39)41)34-14-9-13-32(28-34)33-22-21-30-11-3-4-12-31(30)27-33/h3-29H,1-2H3. The summed E-state index contributed by atoms with van der Waals surface area (Å²) in [5, 5.41) is 7.46. The number of nitrogens with zero attached hydrogens (tertiary/aromatic N) is 1. The number of thiophene rings is 1. The second-order valence-electron chi connectivity index (χ2n) is 14.1. The number of fused-ring (bicyclic) bond motifs is 11. The molecule has 0 N–H and O–H groups in total. The van der Waals surface area contributed by atoms with Crippen molar-refractivity contribution in [2.45, 2.75) is 9.79 Å². The number of para-hydroxylation sites is 1. The van der Waals surface area contributed by atoms with E-state index in [4.69, 9.17) is 4.42 Å². The van der Waals surface area contributed by atoms with Crippen molar-refractivity contribution < 1.29 is 4.42 Å². The molecule has 52 heavy (non-hydrogen) atoms. The molecule has 10 aromatic rings. The van der Waals surface area contributed by atoms with E-state index in [1.807, 2.05) is 11.3 Å². The lowest BCUT2D eigenvalue weighted by atomic mass is 10.00. The third-order valence-electron chi connectivity index (χ3n) is 10.9. The number of rotatable bonds is 4. The first-order valence-corrected chi connectivity index (χ1v) is 20.9. The molecule has 0 saturated heterocycles. The van der Waals surface area contributed by atoms with Crippen molar-refractivity contribution in [3.8, 4) is 22.3 Å². The Balaban J connectivity index is 1.14. The van der Waals surface area contributed by atoms with Crippen molar-refractivity contribution in [3.63, 3.8) is 0 Å². The average Bonchev–Trinajstić information content (AvgIpc) is 3.83. The first kappa shape index (κ1) is 29.9. The summed E-state index contributed by atoms with van der Waals surface area (Å²) in [6.45, 7) is 0. The molecule has 0 saturated carbocycles. The lowest BCUT2D eigenvalue weighted by molar-refractivity contribution is 0.669. The highest BCUT2D eigenvalue weighted by molar-refractivity contribution is 8.33. The zero-order valence-electron chi connectivity index (χ0n) is 28.8. The highest BCUT2D eigenvalue weighted by atomic mass is 32.3. The van der Waals surface area contributed by atoms with E-state index >= 15 is 0 Å². The lowest BCUT2D eigenvalue weighted by Crippen LogP contribution is -2.10. The Hall–Kier alpha value is -5.81. The van der Waals surface area contributed by atoms with Crippen LogP contribution in [0.5, 0.6) is 0 Å². The van der Waals surface area contributed by atoms with E-state index in [-0.39, 0.29) is 0 Å². The van der Waals surface area contributed by atoms with Crippen molar-refractivity contribution in [1.82, 2.24) is 0 Å². The van der Waals surface area contributed by atoms with Gasteiger partial charge in [0.15, 0.2) is 0 Å². The maximum atomic E-state index is 6.63. The monoisotopic (exact) mass is 703 g/mol. The first-order chi connectivity index (χ1) is 25.5. The fourth-order valence-corrected chi connectivity index (χ4v) is 12.1. The summed E-state index contributed by atoms with van der Waals surface area (Å²) < 4.78 is 9.22. The molecule has 8 aromatic carbocycles. The maximum absolute atomic E-state index is 6.63. The SMILES string of the molecule is CS1(C)c2cc(N(c3cccc(-c4ccc5ccccc5c4)c3)c3cccc4c3sc3ccccc34)ccc2-c2c1ccc1c2oc2ccccc21. The third-order valence-corrected chi connectivity index (χ3v) is 15.0. The predicted molar refractivity (Wildman–Crippen MR) is 226 cm³/mol. The minimum Gasteiger partial charge on any atom is -0.455 e. The molecule has 1 aliphatic rings. The van der Waals surface area contributed by atoms with Gasteiger partial charge in [-0.25, -0.2) is 0 Å². The van der Waals surface area contributed by atoms with E-state index in [1.165, 1.54) is 79.4 Å². The smallest absolute Gasteiger partial charge is 0.144 e. The summed E-state index contributed by atoms with van der Waals surface area (Å²) in [5.41, 5.74) is 10.4. The Bertz CT molecular complexity index is 3080. The summed E-state index contributed by atoms with van der Waals surface area (Å²) in [7, 11) is -1.33. The normalized spacial score (nSPS) is 14.0. The van der Waals surface area contributed by atoms with E-state index in [2.05, 4.69) is 181 Å². The number of hydrogen-bond acceptors (Lipinski definition) is 3. The third kappa shape index (κ3) is 4.32. The zero-order chi connectivity index (χ0) is 34.6. The second kappa shape index (κ2) is 11.1. The summed E-state index contributed by atoms with van der Waals surface area (Å²) in [6, 6.07) is 60.2. The minimum atomic E-state index is -1.33. The van der Waals surface area contributed by atoms with Crippen LogP contribution in [0.2, 0.25) is 0 Å². The molecule has 2 nitrogen and oxygen atoms in total. The predicted octanol–water partition coefficient (Wildman–Crippen LogP) is 14.7. The van der Waals surface area contributed by atoms with Gasteiger partial charge in [0.1, 0.15) is 11.2 Å². The lowest BCUT2D eigenvalue weighted by Gasteiger charge is -2.31. The van der Waals surface area contributed by atoms with Crippen LogP contribution < -0.4 is 4.90 Å². The summed E-state index contributed by atoms with van der Waals surface area (Å²) >= 11 is 1.88. The van der Waals surface area contributed by atoms with Gasteiger partial charge in [0.05, 0.1) is 10.4 Å². The van der Waals surface area contributed by atoms with Crippen LogP contribution in [-0.2, 0) is 0 Å². The fraction of sp³-hybridized carbons (Fsp3) is 0.0417. The molecule has 0 bridgehead atoms. The number of anilines is 3. The molecular formula is C48H33NOS2. The van der Waals surface area contributed by atoms with E-state index < -0.39 is 10.0 Å². The molecule has 0 fully saturated rings. The Morgan fingerprint density at radius 2 is 1.27 bits per heavy atom. The molecule has 2 aromatic heterocycles. The molecule has 0 radical (unpaired) electrons. The Morgan fingerprint density at radius 1 is 0.519 bits per heavy atom. The van der Waals surface area contributed by atoms with Crippen molar-refractivity contribution in [2.24, 2.45) is 0 Å². The number of hydrogen-bond donors (Lipinski definition) is 0. The highest BCUT2D eigenvalue weighted by Gasteiger charge is 2.35. The molecule has 248 valence electrons. The Morgan fingerprint density at radius 3 is 2.19 bits per heavy atom. The topological polar surface area (TPSA) is 16.4 Å². The van der Waals surface area contributed by atoms with Crippen LogP contribution in [0.1, 0.15) is 0 Å². The van der Waals surface area contributed by atoms with Gasteiger partial charge in [-0.2, -0.15) is 10.0 Å².